The molecule has 2 fully saturated rings. The second-order valence-corrected chi connectivity index (χ2v) is 8.23. The first-order valence-corrected chi connectivity index (χ1v) is 10.7. The number of carbonyl (C=O) groups is 2. The summed E-state index contributed by atoms with van der Waals surface area (Å²) in [4.78, 5) is 39.5. The Morgan fingerprint density at radius 3 is 2.50 bits per heavy atom. The van der Waals surface area contributed by atoms with E-state index in [4.69, 9.17) is 0 Å². The van der Waals surface area contributed by atoms with Crippen LogP contribution in [-0.4, -0.2) is 65.8 Å². The number of anilines is 2. The third kappa shape index (κ3) is 4.15. The third-order valence-electron chi connectivity index (χ3n) is 6.05. The van der Waals surface area contributed by atoms with Crippen LogP contribution in [0.25, 0.3) is 0 Å². The number of aryl methyl sites for hydroxylation is 2. The molecule has 0 radical (unpaired) electrons. The number of aldehydes is 1. The molecule has 0 aliphatic carbocycles. The van der Waals surface area contributed by atoms with E-state index in [-0.39, 0.29) is 11.9 Å². The van der Waals surface area contributed by atoms with Gasteiger partial charge in [0.15, 0.2) is 0 Å². The van der Waals surface area contributed by atoms with Crippen molar-refractivity contribution in [3.8, 4) is 0 Å². The van der Waals surface area contributed by atoms with Crippen molar-refractivity contribution < 1.29 is 9.59 Å². The van der Waals surface area contributed by atoms with Crippen LogP contribution in [0.5, 0.6) is 0 Å². The van der Waals surface area contributed by atoms with Crippen LogP contribution in [0.3, 0.4) is 0 Å². The maximum Gasteiger partial charge on any atom is 0.255 e. The van der Waals surface area contributed by atoms with Crippen LogP contribution in [-0.2, 0) is 4.79 Å². The fourth-order valence-electron chi connectivity index (χ4n) is 4.41. The Kier molecular flexibility index (Phi) is 5.97. The molecule has 2 aromatic heterocycles. The smallest absolute Gasteiger partial charge is 0.255 e. The standard InChI is InChI=1S/C23H29N5O2/c1-17-13-18(2)22(25-14-17)26-9-11-27(12-10-26)23(30)19-6-7-21(24-15-19)28-8-4-3-5-20(28)16-29/h6-7,13-16,20H,3-5,8-12H2,1-2H3. The molecule has 1 atom stereocenters. The highest BCUT2D eigenvalue weighted by Crippen LogP contribution is 2.23. The highest BCUT2D eigenvalue weighted by molar-refractivity contribution is 5.94. The van der Waals surface area contributed by atoms with Gasteiger partial charge in [-0.3, -0.25) is 4.79 Å². The predicted molar refractivity (Wildman–Crippen MR) is 117 cm³/mol. The van der Waals surface area contributed by atoms with Gasteiger partial charge in [-0.1, -0.05) is 6.07 Å². The van der Waals surface area contributed by atoms with Gasteiger partial charge in [0.2, 0.25) is 0 Å². The summed E-state index contributed by atoms with van der Waals surface area (Å²) >= 11 is 0. The van der Waals surface area contributed by atoms with Gasteiger partial charge in [-0.05, 0) is 56.4 Å². The second kappa shape index (κ2) is 8.81. The Balaban J connectivity index is 1.39. The van der Waals surface area contributed by atoms with Crippen molar-refractivity contribution in [2.75, 3.05) is 42.5 Å². The number of carbonyl (C=O) groups excluding carboxylic acids is 2. The van der Waals surface area contributed by atoms with Crippen LogP contribution in [0.2, 0.25) is 0 Å². The number of pyridine rings is 2. The molecule has 4 rings (SSSR count). The molecule has 0 aromatic carbocycles. The van der Waals surface area contributed by atoms with Crippen molar-refractivity contribution in [1.82, 2.24) is 14.9 Å². The molecule has 158 valence electrons. The number of nitrogens with zero attached hydrogens (tertiary/aromatic N) is 5. The van der Waals surface area contributed by atoms with E-state index in [1.165, 1.54) is 5.56 Å². The minimum atomic E-state index is -0.111. The lowest BCUT2D eigenvalue weighted by molar-refractivity contribution is -0.109. The van der Waals surface area contributed by atoms with Gasteiger partial charge in [0, 0.05) is 45.1 Å². The molecule has 1 amide bonds. The summed E-state index contributed by atoms with van der Waals surface area (Å²) in [5.41, 5.74) is 2.92. The molecule has 0 N–H and O–H groups in total. The number of amides is 1. The predicted octanol–water partition coefficient (Wildman–Crippen LogP) is 2.61. The zero-order valence-electron chi connectivity index (χ0n) is 17.8. The van der Waals surface area contributed by atoms with Gasteiger partial charge in [-0.15, -0.1) is 0 Å². The van der Waals surface area contributed by atoms with Gasteiger partial charge in [-0.25, -0.2) is 9.97 Å². The topological polar surface area (TPSA) is 69.6 Å². The van der Waals surface area contributed by atoms with Gasteiger partial charge in [0.25, 0.3) is 5.91 Å². The maximum absolute atomic E-state index is 12.9. The Hall–Kier alpha value is -2.96. The minimum Gasteiger partial charge on any atom is -0.353 e. The molecule has 1 unspecified atom stereocenters. The molecule has 2 saturated heterocycles. The van der Waals surface area contributed by atoms with E-state index in [9.17, 15) is 9.59 Å². The van der Waals surface area contributed by atoms with Crippen LogP contribution >= 0.6 is 0 Å². The molecule has 30 heavy (non-hydrogen) atoms. The Morgan fingerprint density at radius 1 is 1.03 bits per heavy atom. The average molecular weight is 408 g/mol. The van der Waals surface area contributed by atoms with Crippen molar-refractivity contribution in [2.24, 2.45) is 0 Å². The molecule has 2 aromatic rings. The van der Waals surface area contributed by atoms with Crippen LogP contribution < -0.4 is 9.80 Å². The average Bonchev–Trinajstić information content (AvgIpc) is 2.79. The van der Waals surface area contributed by atoms with Gasteiger partial charge in [0.1, 0.15) is 17.9 Å². The molecule has 4 heterocycles. The first-order chi connectivity index (χ1) is 14.6. The molecule has 0 spiro atoms. The van der Waals surface area contributed by atoms with Crippen molar-refractivity contribution in [3.05, 3.63) is 47.3 Å². The van der Waals surface area contributed by atoms with Gasteiger partial charge in [-0.2, -0.15) is 0 Å². The molecule has 2 aliphatic rings. The molecular formula is C23H29N5O2. The van der Waals surface area contributed by atoms with Gasteiger partial charge >= 0.3 is 0 Å². The van der Waals surface area contributed by atoms with Crippen molar-refractivity contribution >= 4 is 23.8 Å². The normalized spacial score (nSPS) is 19.7. The number of piperazine rings is 1. The van der Waals surface area contributed by atoms with Gasteiger partial charge in [0.05, 0.1) is 11.6 Å². The summed E-state index contributed by atoms with van der Waals surface area (Å²) in [6, 6.07) is 5.73. The van der Waals surface area contributed by atoms with Crippen molar-refractivity contribution in [2.45, 2.75) is 39.2 Å². The molecule has 0 bridgehead atoms. The number of rotatable bonds is 4. The summed E-state index contributed by atoms with van der Waals surface area (Å²) < 4.78 is 0. The quantitative estimate of drug-likeness (QED) is 0.726. The van der Waals surface area contributed by atoms with Crippen molar-refractivity contribution in [3.63, 3.8) is 0 Å². The highest BCUT2D eigenvalue weighted by Gasteiger charge is 2.26. The summed E-state index contributed by atoms with van der Waals surface area (Å²) in [6.45, 7) is 7.82. The highest BCUT2D eigenvalue weighted by atomic mass is 16.2. The number of piperidine rings is 1. The number of hydrogen-bond acceptors (Lipinski definition) is 6. The van der Waals surface area contributed by atoms with Crippen LogP contribution in [0.4, 0.5) is 11.6 Å². The summed E-state index contributed by atoms with van der Waals surface area (Å²) in [7, 11) is 0. The Morgan fingerprint density at radius 2 is 1.83 bits per heavy atom. The largest absolute Gasteiger partial charge is 0.353 e. The molecule has 2 aliphatic heterocycles. The van der Waals surface area contributed by atoms with E-state index in [0.717, 1.165) is 62.4 Å². The zero-order valence-corrected chi connectivity index (χ0v) is 17.8. The lowest BCUT2D eigenvalue weighted by atomic mass is 10.0. The fourth-order valence-corrected chi connectivity index (χ4v) is 4.41. The van der Waals surface area contributed by atoms with Crippen molar-refractivity contribution in [1.29, 1.82) is 0 Å². The fraction of sp³-hybridized carbons (Fsp3) is 0.478. The van der Waals surface area contributed by atoms with Gasteiger partial charge < -0.3 is 19.5 Å². The summed E-state index contributed by atoms with van der Waals surface area (Å²) in [6.07, 6.45) is 7.54. The van der Waals surface area contributed by atoms with E-state index in [0.29, 0.717) is 18.7 Å². The molecular weight excluding hydrogens is 378 g/mol. The lowest BCUT2D eigenvalue weighted by Crippen LogP contribution is -2.49. The van der Waals surface area contributed by atoms with E-state index in [1.807, 2.05) is 35.1 Å². The minimum absolute atomic E-state index is 0.00729. The lowest BCUT2D eigenvalue weighted by Gasteiger charge is -2.36. The number of hydrogen-bond donors (Lipinski definition) is 0. The summed E-state index contributed by atoms with van der Waals surface area (Å²) in [5.74, 6) is 1.78. The maximum atomic E-state index is 12.9. The molecule has 0 saturated carbocycles. The summed E-state index contributed by atoms with van der Waals surface area (Å²) in [5, 5.41) is 0. The second-order valence-electron chi connectivity index (χ2n) is 8.23. The van der Waals surface area contributed by atoms with Crippen LogP contribution in [0.1, 0.15) is 40.7 Å². The van der Waals surface area contributed by atoms with Crippen LogP contribution in [0, 0.1) is 13.8 Å². The van der Waals surface area contributed by atoms with E-state index >= 15 is 0 Å². The zero-order chi connectivity index (χ0) is 21.1. The monoisotopic (exact) mass is 407 g/mol. The number of aromatic nitrogens is 2. The van der Waals surface area contributed by atoms with E-state index in [2.05, 4.69) is 27.9 Å². The first kappa shape index (κ1) is 20.3. The van der Waals surface area contributed by atoms with E-state index < -0.39 is 0 Å². The SMILES string of the molecule is Cc1cnc(N2CCN(C(=O)c3ccc(N4CCCCC4C=O)nc3)CC2)c(C)c1. The first-order valence-electron chi connectivity index (χ1n) is 10.7. The van der Waals surface area contributed by atoms with E-state index in [1.54, 1.807) is 6.20 Å². The third-order valence-corrected chi connectivity index (χ3v) is 6.05. The Bertz CT molecular complexity index is 906. The molecule has 7 nitrogen and oxygen atoms in total. The Labute approximate surface area is 177 Å². The molecule has 7 heteroatoms. The van der Waals surface area contributed by atoms with Crippen LogP contribution in [0.15, 0.2) is 30.6 Å².